The second kappa shape index (κ2) is 11.9. The molecular formula is C14H29NO2. The molecule has 0 aliphatic rings. The summed E-state index contributed by atoms with van der Waals surface area (Å²) in [5.74, 6) is -0.106. The highest BCUT2D eigenvalue weighted by Crippen LogP contribution is 2.21. The van der Waals surface area contributed by atoms with Crippen molar-refractivity contribution in [3.63, 3.8) is 0 Å². The number of carboxylic acid groups (broad SMARTS) is 1. The minimum Gasteiger partial charge on any atom is -0.481 e. The lowest BCUT2D eigenvalue weighted by atomic mass is 9.91. The third kappa shape index (κ3) is 11.7. The van der Waals surface area contributed by atoms with Gasteiger partial charge in [-0.15, -0.1) is 0 Å². The molecule has 3 heteroatoms. The largest absolute Gasteiger partial charge is 0.481 e. The standard InChI is InChI=1S/C14H29NO2/c1-2-3-4-5-6-8-13(9-7-12-15)10-11-14(16)17/h13H,2-12,15H2,1H3,(H,16,17). The summed E-state index contributed by atoms with van der Waals surface area (Å²) >= 11 is 0. The SMILES string of the molecule is CCCCCCCC(CCCN)CCC(=O)O. The first kappa shape index (κ1) is 16.4. The van der Waals surface area contributed by atoms with Crippen LogP contribution in [0.3, 0.4) is 0 Å². The van der Waals surface area contributed by atoms with Crippen molar-refractivity contribution in [2.45, 2.75) is 71.1 Å². The maximum Gasteiger partial charge on any atom is 0.303 e. The maximum absolute atomic E-state index is 10.6. The number of aliphatic carboxylic acids is 1. The number of carbonyl (C=O) groups is 1. The van der Waals surface area contributed by atoms with Gasteiger partial charge in [-0.3, -0.25) is 4.79 Å². The molecule has 0 saturated carbocycles. The Morgan fingerprint density at radius 2 is 1.71 bits per heavy atom. The molecule has 0 fully saturated rings. The fraction of sp³-hybridized carbons (Fsp3) is 0.929. The number of unbranched alkanes of at least 4 members (excludes halogenated alkanes) is 4. The normalized spacial score (nSPS) is 12.6. The smallest absolute Gasteiger partial charge is 0.303 e. The molecular weight excluding hydrogens is 214 g/mol. The Labute approximate surface area is 106 Å². The van der Waals surface area contributed by atoms with Crippen LogP contribution in [0.4, 0.5) is 0 Å². The highest BCUT2D eigenvalue weighted by Gasteiger charge is 2.10. The van der Waals surface area contributed by atoms with Crippen LogP contribution in [-0.4, -0.2) is 17.6 Å². The van der Waals surface area contributed by atoms with Crippen LogP contribution < -0.4 is 5.73 Å². The van der Waals surface area contributed by atoms with Gasteiger partial charge >= 0.3 is 5.97 Å². The van der Waals surface area contributed by atoms with Crippen molar-refractivity contribution in [2.24, 2.45) is 11.7 Å². The molecule has 0 bridgehead atoms. The minimum atomic E-state index is -0.672. The summed E-state index contributed by atoms with van der Waals surface area (Å²) in [6, 6.07) is 0. The molecule has 0 aliphatic carbocycles. The average Bonchev–Trinajstić information content (AvgIpc) is 2.31. The Kier molecular flexibility index (Phi) is 11.5. The van der Waals surface area contributed by atoms with Crippen molar-refractivity contribution in [1.82, 2.24) is 0 Å². The summed E-state index contributed by atoms with van der Waals surface area (Å²) in [4.78, 5) is 10.6. The summed E-state index contributed by atoms with van der Waals surface area (Å²) < 4.78 is 0. The zero-order valence-corrected chi connectivity index (χ0v) is 11.3. The van der Waals surface area contributed by atoms with Crippen LogP contribution in [0.5, 0.6) is 0 Å². The van der Waals surface area contributed by atoms with Gasteiger partial charge in [0.05, 0.1) is 0 Å². The Morgan fingerprint density at radius 1 is 1.06 bits per heavy atom. The monoisotopic (exact) mass is 243 g/mol. The summed E-state index contributed by atoms with van der Waals surface area (Å²) in [6.45, 7) is 2.94. The molecule has 0 rings (SSSR count). The van der Waals surface area contributed by atoms with Crippen LogP contribution in [0.1, 0.15) is 71.1 Å². The molecule has 0 aromatic rings. The van der Waals surface area contributed by atoms with Crippen molar-refractivity contribution in [3.05, 3.63) is 0 Å². The molecule has 1 atom stereocenters. The van der Waals surface area contributed by atoms with Crippen molar-refractivity contribution >= 4 is 5.97 Å². The summed E-state index contributed by atoms with van der Waals surface area (Å²) in [7, 11) is 0. The van der Waals surface area contributed by atoms with Crippen molar-refractivity contribution in [2.75, 3.05) is 6.54 Å². The van der Waals surface area contributed by atoms with Crippen LogP contribution in [0.25, 0.3) is 0 Å². The molecule has 17 heavy (non-hydrogen) atoms. The first-order valence-corrected chi connectivity index (χ1v) is 7.12. The van der Waals surface area contributed by atoms with Crippen LogP contribution in [0.2, 0.25) is 0 Å². The lowest BCUT2D eigenvalue weighted by Crippen LogP contribution is -2.08. The van der Waals surface area contributed by atoms with Gasteiger partial charge < -0.3 is 10.8 Å². The van der Waals surface area contributed by atoms with E-state index in [1.165, 1.54) is 38.5 Å². The number of hydrogen-bond donors (Lipinski definition) is 2. The van der Waals surface area contributed by atoms with E-state index >= 15 is 0 Å². The molecule has 0 heterocycles. The highest BCUT2D eigenvalue weighted by atomic mass is 16.4. The van der Waals surface area contributed by atoms with E-state index in [0.29, 0.717) is 12.3 Å². The predicted octanol–water partition coefficient (Wildman–Crippen LogP) is 3.57. The molecule has 0 radical (unpaired) electrons. The Hall–Kier alpha value is -0.570. The third-order valence-corrected chi connectivity index (χ3v) is 3.30. The molecule has 3 N–H and O–H groups in total. The number of hydrogen-bond acceptors (Lipinski definition) is 2. The summed E-state index contributed by atoms with van der Waals surface area (Å²) in [5.41, 5.74) is 5.51. The van der Waals surface area contributed by atoms with Gasteiger partial charge in [-0.2, -0.15) is 0 Å². The highest BCUT2D eigenvalue weighted by molar-refractivity contribution is 5.66. The van der Waals surface area contributed by atoms with E-state index in [2.05, 4.69) is 6.92 Å². The van der Waals surface area contributed by atoms with E-state index in [1.807, 2.05) is 0 Å². The Morgan fingerprint density at radius 3 is 2.29 bits per heavy atom. The fourth-order valence-electron chi connectivity index (χ4n) is 2.20. The molecule has 1 unspecified atom stereocenters. The van der Waals surface area contributed by atoms with Gasteiger partial charge in [-0.25, -0.2) is 0 Å². The quantitative estimate of drug-likeness (QED) is 0.515. The van der Waals surface area contributed by atoms with E-state index in [0.717, 1.165) is 25.8 Å². The van der Waals surface area contributed by atoms with Gasteiger partial charge in [-0.1, -0.05) is 45.4 Å². The summed E-state index contributed by atoms with van der Waals surface area (Å²) in [6.07, 6.45) is 10.9. The molecule has 0 aromatic heterocycles. The third-order valence-electron chi connectivity index (χ3n) is 3.30. The van der Waals surface area contributed by atoms with Crippen molar-refractivity contribution in [3.8, 4) is 0 Å². The van der Waals surface area contributed by atoms with Gasteiger partial charge in [0.2, 0.25) is 0 Å². The van der Waals surface area contributed by atoms with E-state index in [1.54, 1.807) is 0 Å². The number of carboxylic acids is 1. The topological polar surface area (TPSA) is 63.3 Å². The van der Waals surface area contributed by atoms with Crippen LogP contribution in [-0.2, 0) is 4.79 Å². The van der Waals surface area contributed by atoms with E-state index in [4.69, 9.17) is 10.8 Å². The first-order valence-electron chi connectivity index (χ1n) is 7.12. The molecule has 0 aliphatic heterocycles. The van der Waals surface area contributed by atoms with Crippen LogP contribution in [0, 0.1) is 5.92 Å². The zero-order chi connectivity index (χ0) is 12.9. The molecule has 0 saturated heterocycles. The lowest BCUT2D eigenvalue weighted by Gasteiger charge is -2.15. The van der Waals surface area contributed by atoms with Gasteiger partial charge in [0.15, 0.2) is 0 Å². The van der Waals surface area contributed by atoms with Gasteiger partial charge in [0, 0.05) is 6.42 Å². The maximum atomic E-state index is 10.6. The Bertz CT molecular complexity index is 183. The second-order valence-electron chi connectivity index (χ2n) is 4.93. The molecule has 102 valence electrons. The molecule has 0 spiro atoms. The second-order valence-corrected chi connectivity index (χ2v) is 4.93. The average molecular weight is 243 g/mol. The van der Waals surface area contributed by atoms with Gasteiger partial charge in [0.1, 0.15) is 0 Å². The van der Waals surface area contributed by atoms with Crippen molar-refractivity contribution in [1.29, 1.82) is 0 Å². The predicted molar refractivity (Wildman–Crippen MR) is 72.0 cm³/mol. The lowest BCUT2D eigenvalue weighted by molar-refractivity contribution is -0.137. The molecule has 0 aromatic carbocycles. The molecule has 3 nitrogen and oxygen atoms in total. The van der Waals surface area contributed by atoms with Gasteiger partial charge in [-0.05, 0) is 31.7 Å². The van der Waals surface area contributed by atoms with E-state index in [-0.39, 0.29) is 0 Å². The number of nitrogens with two attached hydrogens (primary N) is 1. The summed E-state index contributed by atoms with van der Waals surface area (Å²) in [5, 5.41) is 8.70. The fourth-order valence-corrected chi connectivity index (χ4v) is 2.20. The number of rotatable bonds is 12. The minimum absolute atomic E-state index is 0.310. The van der Waals surface area contributed by atoms with E-state index < -0.39 is 5.97 Å². The zero-order valence-electron chi connectivity index (χ0n) is 11.3. The van der Waals surface area contributed by atoms with Crippen LogP contribution in [0.15, 0.2) is 0 Å². The van der Waals surface area contributed by atoms with Crippen LogP contribution >= 0.6 is 0 Å². The van der Waals surface area contributed by atoms with Gasteiger partial charge in [0.25, 0.3) is 0 Å². The Balaban J connectivity index is 3.64. The van der Waals surface area contributed by atoms with Crippen molar-refractivity contribution < 1.29 is 9.90 Å². The van der Waals surface area contributed by atoms with E-state index in [9.17, 15) is 4.79 Å². The first-order chi connectivity index (χ1) is 8.20. The molecule has 0 amide bonds.